The molecule has 0 atom stereocenters. The molecule has 1 N–H and O–H groups in total. The Labute approximate surface area is 228 Å². The first-order valence-electron chi connectivity index (χ1n) is 12.4. The zero-order valence-corrected chi connectivity index (χ0v) is 23.2. The zero-order valence-electron chi connectivity index (χ0n) is 22.4. The zero-order chi connectivity index (χ0) is 27.1. The molecule has 0 aliphatic heterocycles. The molecular weight excluding hydrogens is 498 g/mol. The quantitative estimate of drug-likeness (QED) is 0.236. The van der Waals surface area contributed by atoms with Crippen molar-refractivity contribution < 1.29 is 19.0 Å². The van der Waals surface area contributed by atoms with Crippen LogP contribution in [-0.2, 0) is 6.54 Å². The predicted molar refractivity (Wildman–Crippen MR) is 153 cm³/mol. The van der Waals surface area contributed by atoms with Gasteiger partial charge in [0.05, 0.1) is 33.6 Å². The van der Waals surface area contributed by atoms with E-state index in [4.69, 9.17) is 19.2 Å². The van der Waals surface area contributed by atoms with Crippen molar-refractivity contribution in [2.75, 3.05) is 32.8 Å². The molecule has 0 spiro atoms. The molecule has 0 aliphatic rings. The van der Waals surface area contributed by atoms with Gasteiger partial charge in [-0.05, 0) is 66.1 Å². The van der Waals surface area contributed by atoms with Crippen LogP contribution in [0.3, 0.4) is 0 Å². The van der Waals surface area contributed by atoms with Crippen molar-refractivity contribution in [3.8, 4) is 28.5 Å². The number of hydrogen-bond donors (Lipinski definition) is 1. The topological polar surface area (TPSA) is 72.9 Å². The Morgan fingerprint density at radius 2 is 1.61 bits per heavy atom. The van der Waals surface area contributed by atoms with E-state index in [0.717, 1.165) is 44.9 Å². The van der Waals surface area contributed by atoms with Crippen LogP contribution in [-0.4, -0.2) is 38.8 Å². The summed E-state index contributed by atoms with van der Waals surface area (Å²) in [6.45, 7) is 5.37. The predicted octanol–water partition coefficient (Wildman–Crippen LogP) is 6.56. The number of benzene rings is 3. The monoisotopic (exact) mass is 531 g/mol. The number of anilines is 2. The van der Waals surface area contributed by atoms with Crippen molar-refractivity contribution in [2.45, 2.75) is 20.4 Å². The van der Waals surface area contributed by atoms with Crippen molar-refractivity contribution >= 4 is 28.1 Å². The molecule has 0 radical (unpaired) electrons. The van der Waals surface area contributed by atoms with E-state index in [2.05, 4.69) is 24.1 Å². The minimum Gasteiger partial charge on any atom is -0.497 e. The number of amides is 1. The molecule has 1 heterocycles. The summed E-state index contributed by atoms with van der Waals surface area (Å²) in [7, 11) is 4.94. The van der Waals surface area contributed by atoms with E-state index >= 15 is 0 Å². The van der Waals surface area contributed by atoms with Crippen LogP contribution >= 0.6 is 11.3 Å². The summed E-state index contributed by atoms with van der Waals surface area (Å²) in [5.74, 6) is 2.58. The molecule has 7 nitrogen and oxygen atoms in total. The van der Waals surface area contributed by atoms with Gasteiger partial charge in [-0.3, -0.25) is 4.79 Å². The number of rotatable bonds is 11. The number of nitrogens with one attached hydrogen (secondary N) is 1. The van der Waals surface area contributed by atoms with Gasteiger partial charge in [-0.1, -0.05) is 26.0 Å². The van der Waals surface area contributed by atoms with Gasteiger partial charge in [-0.2, -0.15) is 0 Å². The van der Waals surface area contributed by atoms with E-state index in [0.29, 0.717) is 24.6 Å². The summed E-state index contributed by atoms with van der Waals surface area (Å²) in [6.07, 6.45) is 0. The molecule has 0 fully saturated rings. The molecule has 0 aliphatic carbocycles. The van der Waals surface area contributed by atoms with Crippen LogP contribution in [0.15, 0.2) is 72.1 Å². The Morgan fingerprint density at radius 3 is 2.24 bits per heavy atom. The average Bonchev–Trinajstić information content (AvgIpc) is 3.44. The maximum absolute atomic E-state index is 12.5. The van der Waals surface area contributed by atoms with Gasteiger partial charge in [0.1, 0.15) is 17.2 Å². The fraction of sp³-hybridized carbons (Fsp3) is 0.267. The van der Waals surface area contributed by atoms with Crippen molar-refractivity contribution in [3.63, 3.8) is 0 Å². The Hall–Kier alpha value is -4.04. The molecule has 0 bridgehead atoms. The number of carbonyl (C=O) groups is 1. The average molecular weight is 532 g/mol. The first-order valence-corrected chi connectivity index (χ1v) is 13.3. The number of methoxy groups -OCH3 is 3. The maximum atomic E-state index is 12.5. The molecular formula is C30H33N3O4S. The summed E-state index contributed by atoms with van der Waals surface area (Å²) in [4.78, 5) is 19.6. The molecule has 8 heteroatoms. The summed E-state index contributed by atoms with van der Waals surface area (Å²) in [5, 5.41) is 5.81. The van der Waals surface area contributed by atoms with E-state index in [1.165, 1.54) is 0 Å². The molecule has 0 saturated heterocycles. The van der Waals surface area contributed by atoms with Crippen LogP contribution in [0.25, 0.3) is 11.3 Å². The largest absolute Gasteiger partial charge is 0.497 e. The molecule has 198 valence electrons. The van der Waals surface area contributed by atoms with Gasteiger partial charge in [0, 0.05) is 28.7 Å². The van der Waals surface area contributed by atoms with Crippen molar-refractivity contribution in [1.29, 1.82) is 0 Å². The molecule has 0 saturated carbocycles. The van der Waals surface area contributed by atoms with Crippen LogP contribution in [0.4, 0.5) is 10.8 Å². The number of hydrogen-bond acceptors (Lipinski definition) is 7. The third-order valence-corrected chi connectivity index (χ3v) is 6.88. The number of aromatic nitrogens is 1. The Kier molecular flexibility index (Phi) is 8.86. The summed E-state index contributed by atoms with van der Waals surface area (Å²) >= 11 is 1.55. The molecule has 4 rings (SSSR count). The minimum absolute atomic E-state index is 0.0611. The molecule has 1 amide bonds. The number of ether oxygens (including phenoxy) is 3. The van der Waals surface area contributed by atoms with Gasteiger partial charge in [0.25, 0.3) is 5.91 Å². The third kappa shape index (κ3) is 6.44. The van der Waals surface area contributed by atoms with Gasteiger partial charge in [0.2, 0.25) is 0 Å². The summed E-state index contributed by atoms with van der Waals surface area (Å²) < 4.78 is 16.4. The SMILES string of the molecule is COc1ccc(N(Cc2ccc(C(=O)NCC(C)C)cc2)c2nc(-c3cc(OC)ccc3OC)cs2)cc1. The van der Waals surface area contributed by atoms with E-state index in [-0.39, 0.29) is 5.91 Å². The van der Waals surface area contributed by atoms with Crippen LogP contribution in [0, 0.1) is 5.92 Å². The molecule has 38 heavy (non-hydrogen) atoms. The number of nitrogens with zero attached hydrogens (tertiary/aromatic N) is 2. The Balaban J connectivity index is 1.64. The van der Waals surface area contributed by atoms with Gasteiger partial charge in [-0.15, -0.1) is 11.3 Å². The summed E-state index contributed by atoms with van der Waals surface area (Å²) in [5.41, 5.74) is 4.34. The first kappa shape index (κ1) is 27.0. The molecule has 3 aromatic carbocycles. The van der Waals surface area contributed by atoms with E-state index < -0.39 is 0 Å². The highest BCUT2D eigenvalue weighted by Gasteiger charge is 2.18. The van der Waals surface area contributed by atoms with Gasteiger partial charge in [0.15, 0.2) is 5.13 Å². The highest BCUT2D eigenvalue weighted by atomic mass is 32.1. The van der Waals surface area contributed by atoms with Crippen LogP contribution in [0.5, 0.6) is 17.2 Å². The highest BCUT2D eigenvalue weighted by molar-refractivity contribution is 7.14. The number of thiazole rings is 1. The normalized spacial score (nSPS) is 10.8. The fourth-order valence-corrected chi connectivity index (χ4v) is 4.75. The van der Waals surface area contributed by atoms with Crippen LogP contribution in [0.1, 0.15) is 29.8 Å². The standard InChI is InChI=1S/C30H33N3O4S/c1-20(2)17-31-29(34)22-8-6-21(7-9-22)18-33(23-10-12-24(35-3)13-11-23)30-32-27(19-38-30)26-16-25(36-4)14-15-28(26)37-5/h6-16,19-20H,17-18H2,1-5H3,(H,31,34). The van der Waals surface area contributed by atoms with E-state index in [1.807, 2.05) is 72.1 Å². The Morgan fingerprint density at radius 1 is 0.921 bits per heavy atom. The van der Waals surface area contributed by atoms with E-state index in [9.17, 15) is 4.79 Å². The molecule has 0 unspecified atom stereocenters. The van der Waals surface area contributed by atoms with Crippen molar-refractivity contribution in [3.05, 3.63) is 83.2 Å². The second kappa shape index (κ2) is 12.5. The van der Waals surface area contributed by atoms with Gasteiger partial charge >= 0.3 is 0 Å². The lowest BCUT2D eigenvalue weighted by molar-refractivity contribution is 0.0949. The highest BCUT2D eigenvalue weighted by Crippen LogP contribution is 2.38. The van der Waals surface area contributed by atoms with Crippen molar-refractivity contribution in [2.24, 2.45) is 5.92 Å². The lowest BCUT2D eigenvalue weighted by Gasteiger charge is -2.22. The molecule has 1 aromatic heterocycles. The fourth-order valence-electron chi connectivity index (χ4n) is 3.90. The second-order valence-electron chi connectivity index (χ2n) is 9.17. The lowest BCUT2D eigenvalue weighted by Crippen LogP contribution is -2.27. The third-order valence-electron chi connectivity index (χ3n) is 6.02. The van der Waals surface area contributed by atoms with E-state index in [1.54, 1.807) is 32.7 Å². The first-order chi connectivity index (χ1) is 18.4. The number of carbonyl (C=O) groups excluding carboxylic acids is 1. The lowest BCUT2D eigenvalue weighted by atomic mass is 10.1. The maximum Gasteiger partial charge on any atom is 0.251 e. The van der Waals surface area contributed by atoms with Gasteiger partial charge in [-0.25, -0.2) is 4.98 Å². The smallest absolute Gasteiger partial charge is 0.251 e. The van der Waals surface area contributed by atoms with Gasteiger partial charge < -0.3 is 24.4 Å². The Bertz CT molecular complexity index is 1350. The van der Waals surface area contributed by atoms with Crippen molar-refractivity contribution in [1.82, 2.24) is 10.3 Å². The van der Waals surface area contributed by atoms with Crippen LogP contribution < -0.4 is 24.4 Å². The molecule has 4 aromatic rings. The summed E-state index contributed by atoms with van der Waals surface area (Å²) in [6, 6.07) is 21.3. The second-order valence-corrected chi connectivity index (χ2v) is 10.0. The van der Waals surface area contributed by atoms with Crippen LogP contribution in [0.2, 0.25) is 0 Å². The minimum atomic E-state index is -0.0611.